The first-order chi connectivity index (χ1) is 16.0. The number of fused-ring (bicyclic) bond motifs is 1. The highest BCUT2D eigenvalue weighted by atomic mass is 35.5. The fraction of sp³-hybridized carbons (Fsp3) is 0.333. The van der Waals surface area contributed by atoms with E-state index in [1.807, 2.05) is 13.0 Å². The number of esters is 1. The Hall–Kier alpha value is -2.23. The van der Waals surface area contributed by atoms with Gasteiger partial charge in [0.1, 0.15) is 5.69 Å². The lowest BCUT2D eigenvalue weighted by molar-refractivity contribution is -0.144. The Balaban J connectivity index is 1.76. The summed E-state index contributed by atoms with van der Waals surface area (Å²) in [6.45, 7) is 4.94. The Morgan fingerprint density at radius 2 is 1.82 bits per heavy atom. The third-order valence-corrected chi connectivity index (χ3v) is 7.56. The molecule has 10 heteroatoms. The molecule has 34 heavy (non-hydrogen) atoms. The van der Waals surface area contributed by atoms with Crippen LogP contribution in [0.25, 0.3) is 10.9 Å². The van der Waals surface area contributed by atoms with Gasteiger partial charge in [0.15, 0.2) is 4.90 Å². The zero-order valence-electron chi connectivity index (χ0n) is 19.2. The number of rotatable bonds is 8. The molecule has 0 saturated carbocycles. The maximum absolute atomic E-state index is 13.0. The van der Waals surface area contributed by atoms with Crippen LogP contribution < -0.4 is 5.32 Å². The smallest absolute Gasteiger partial charge is 0.357 e. The summed E-state index contributed by atoms with van der Waals surface area (Å²) in [7, 11) is 1.75. The van der Waals surface area contributed by atoms with Crippen molar-refractivity contribution in [1.29, 1.82) is 0 Å². The van der Waals surface area contributed by atoms with Gasteiger partial charge in [-0.15, -0.1) is 0 Å². The second-order valence-corrected chi connectivity index (χ2v) is 10.4. The fourth-order valence-corrected chi connectivity index (χ4v) is 4.90. The summed E-state index contributed by atoms with van der Waals surface area (Å²) in [5.41, 5.74) is 2.55. The zero-order chi connectivity index (χ0) is 25.2. The SMILES string of the molecule is Cc1cc2c(cc(C(=O)NC(CO)c3ccc([S+]([O-])CC(=O)OC(C)C)cc3)n2C)c(Cl)c1Cl. The third-order valence-electron chi connectivity index (χ3n) is 5.29. The number of aliphatic hydroxyl groups is 1. The van der Waals surface area contributed by atoms with Crippen molar-refractivity contribution in [2.75, 3.05) is 12.4 Å². The van der Waals surface area contributed by atoms with Crippen molar-refractivity contribution < 1.29 is 24.0 Å². The van der Waals surface area contributed by atoms with Gasteiger partial charge in [-0.25, -0.2) is 4.79 Å². The number of aliphatic hydroxyl groups excluding tert-OH is 1. The van der Waals surface area contributed by atoms with Crippen LogP contribution in [0.2, 0.25) is 10.0 Å². The minimum absolute atomic E-state index is 0.245. The van der Waals surface area contributed by atoms with E-state index in [-0.39, 0.29) is 18.5 Å². The number of halogens is 2. The van der Waals surface area contributed by atoms with Gasteiger partial charge < -0.3 is 24.3 Å². The van der Waals surface area contributed by atoms with Crippen LogP contribution in [0.1, 0.15) is 41.5 Å². The normalized spacial score (nSPS) is 13.2. The van der Waals surface area contributed by atoms with E-state index in [0.29, 0.717) is 31.6 Å². The molecule has 2 aromatic carbocycles. The predicted octanol–water partition coefficient (Wildman–Crippen LogP) is 4.32. The average Bonchev–Trinajstić information content (AvgIpc) is 3.11. The number of aryl methyl sites for hydroxylation is 2. The number of carbonyl (C=O) groups is 2. The van der Waals surface area contributed by atoms with E-state index in [2.05, 4.69) is 5.32 Å². The van der Waals surface area contributed by atoms with Crippen LogP contribution in [-0.2, 0) is 27.8 Å². The molecular weight excluding hydrogens is 499 g/mol. The molecule has 0 spiro atoms. The summed E-state index contributed by atoms with van der Waals surface area (Å²) in [5.74, 6) is -1.18. The molecule has 0 radical (unpaired) electrons. The average molecular weight is 525 g/mol. The molecule has 2 unspecified atom stereocenters. The number of ether oxygens (including phenoxy) is 1. The van der Waals surface area contributed by atoms with Gasteiger partial charge in [-0.1, -0.05) is 35.3 Å². The molecule has 182 valence electrons. The number of nitrogens with one attached hydrogen (secondary N) is 1. The van der Waals surface area contributed by atoms with Gasteiger partial charge >= 0.3 is 5.97 Å². The highest BCUT2D eigenvalue weighted by Gasteiger charge is 2.22. The molecule has 1 aromatic heterocycles. The minimum Gasteiger partial charge on any atom is -0.611 e. The van der Waals surface area contributed by atoms with E-state index >= 15 is 0 Å². The van der Waals surface area contributed by atoms with Crippen LogP contribution in [0.5, 0.6) is 0 Å². The largest absolute Gasteiger partial charge is 0.611 e. The van der Waals surface area contributed by atoms with Gasteiger partial charge in [-0.2, -0.15) is 0 Å². The number of amides is 1. The van der Waals surface area contributed by atoms with Gasteiger partial charge in [0.2, 0.25) is 5.75 Å². The van der Waals surface area contributed by atoms with Gasteiger partial charge in [0.25, 0.3) is 5.91 Å². The first-order valence-corrected chi connectivity index (χ1v) is 12.6. The summed E-state index contributed by atoms with van der Waals surface area (Å²) in [6, 6.07) is 9.34. The van der Waals surface area contributed by atoms with Crippen LogP contribution in [0.3, 0.4) is 0 Å². The molecule has 0 bridgehead atoms. The van der Waals surface area contributed by atoms with Crippen molar-refractivity contribution in [3.8, 4) is 0 Å². The third kappa shape index (κ3) is 5.70. The van der Waals surface area contributed by atoms with Crippen molar-refractivity contribution >= 4 is 57.2 Å². The maximum Gasteiger partial charge on any atom is 0.357 e. The topological polar surface area (TPSA) is 104 Å². The van der Waals surface area contributed by atoms with Gasteiger partial charge in [0.05, 0.1) is 34.3 Å². The van der Waals surface area contributed by atoms with E-state index in [4.69, 9.17) is 27.9 Å². The van der Waals surface area contributed by atoms with E-state index in [0.717, 1.165) is 11.1 Å². The Morgan fingerprint density at radius 3 is 2.41 bits per heavy atom. The highest BCUT2D eigenvalue weighted by Crippen LogP contribution is 2.35. The molecule has 0 aliphatic rings. The molecule has 0 saturated heterocycles. The lowest BCUT2D eigenvalue weighted by Crippen LogP contribution is -2.32. The molecule has 1 heterocycles. The van der Waals surface area contributed by atoms with E-state index in [1.165, 1.54) is 0 Å². The first kappa shape index (κ1) is 26.4. The highest BCUT2D eigenvalue weighted by molar-refractivity contribution is 7.92. The molecule has 0 aliphatic carbocycles. The zero-order valence-corrected chi connectivity index (χ0v) is 21.6. The number of benzene rings is 2. The molecule has 7 nitrogen and oxygen atoms in total. The summed E-state index contributed by atoms with van der Waals surface area (Å²) in [6.07, 6.45) is -0.278. The lowest BCUT2D eigenvalue weighted by atomic mass is 10.1. The standard InChI is InChI=1S/C24H26Cl2N2O5S/c1-13(2)33-21(30)12-34(32)16-7-5-15(6-8-16)18(11-29)27-24(31)20-10-17-19(28(20)4)9-14(3)22(25)23(17)26/h5-10,13,18,29H,11-12H2,1-4H3,(H,27,31). The maximum atomic E-state index is 13.0. The monoisotopic (exact) mass is 524 g/mol. The molecular formula is C24H26Cl2N2O5S. The fourth-order valence-electron chi connectivity index (χ4n) is 3.55. The molecule has 0 fully saturated rings. The van der Waals surface area contributed by atoms with Crippen LogP contribution in [0.4, 0.5) is 0 Å². The second kappa shape index (κ2) is 11.0. The van der Waals surface area contributed by atoms with Crippen molar-refractivity contribution in [2.45, 2.75) is 37.8 Å². The van der Waals surface area contributed by atoms with Crippen molar-refractivity contribution in [3.05, 3.63) is 63.3 Å². The van der Waals surface area contributed by atoms with Crippen LogP contribution >= 0.6 is 23.2 Å². The second-order valence-electron chi connectivity index (χ2n) is 8.15. The van der Waals surface area contributed by atoms with Crippen molar-refractivity contribution in [1.82, 2.24) is 9.88 Å². The molecule has 0 aliphatic heterocycles. The number of nitrogens with zero attached hydrogens (tertiary/aromatic N) is 1. The van der Waals surface area contributed by atoms with Crippen LogP contribution in [0.15, 0.2) is 41.3 Å². The lowest BCUT2D eigenvalue weighted by Gasteiger charge is -2.18. The number of aromatic nitrogens is 1. The van der Waals surface area contributed by atoms with Crippen molar-refractivity contribution in [3.63, 3.8) is 0 Å². The number of hydrogen-bond acceptors (Lipinski definition) is 5. The summed E-state index contributed by atoms with van der Waals surface area (Å²) >= 11 is 11.1. The predicted molar refractivity (Wildman–Crippen MR) is 134 cm³/mol. The Kier molecular flexibility index (Phi) is 8.54. The quantitative estimate of drug-likeness (QED) is 0.337. The molecule has 1 amide bonds. The summed E-state index contributed by atoms with van der Waals surface area (Å²) in [5, 5.41) is 14.2. The summed E-state index contributed by atoms with van der Waals surface area (Å²) in [4.78, 5) is 25.2. The van der Waals surface area contributed by atoms with E-state index in [9.17, 15) is 19.2 Å². The summed E-state index contributed by atoms with van der Waals surface area (Å²) < 4.78 is 19.2. The molecule has 3 aromatic rings. The Morgan fingerprint density at radius 1 is 1.18 bits per heavy atom. The van der Waals surface area contributed by atoms with E-state index < -0.39 is 29.1 Å². The van der Waals surface area contributed by atoms with Crippen molar-refractivity contribution in [2.24, 2.45) is 7.05 Å². The first-order valence-electron chi connectivity index (χ1n) is 10.6. The molecule has 2 atom stereocenters. The van der Waals surface area contributed by atoms with E-state index in [1.54, 1.807) is 55.8 Å². The molecule has 3 rings (SSSR count). The van der Waals surface area contributed by atoms with Gasteiger partial charge in [-0.05, 0) is 67.3 Å². The Bertz CT molecular complexity index is 1210. The number of carbonyl (C=O) groups excluding carboxylic acids is 2. The number of hydrogen-bond donors (Lipinski definition) is 2. The van der Waals surface area contributed by atoms with Crippen LogP contribution in [0, 0.1) is 6.92 Å². The molecule has 2 N–H and O–H groups in total. The Labute approximate surface area is 211 Å². The van der Waals surface area contributed by atoms with Crippen LogP contribution in [-0.4, -0.2) is 44.6 Å². The van der Waals surface area contributed by atoms with Gasteiger partial charge in [-0.3, -0.25) is 4.79 Å². The minimum atomic E-state index is -1.56. The van der Waals surface area contributed by atoms with Gasteiger partial charge in [0, 0.05) is 12.4 Å².